The van der Waals surface area contributed by atoms with Gasteiger partial charge in [-0.25, -0.2) is 4.39 Å². The van der Waals surface area contributed by atoms with Crippen molar-refractivity contribution in [3.63, 3.8) is 0 Å². The number of nitrogens with one attached hydrogen (secondary N) is 1. The summed E-state index contributed by atoms with van der Waals surface area (Å²) in [5.41, 5.74) is 0.639. The molecule has 1 fully saturated rings. The summed E-state index contributed by atoms with van der Waals surface area (Å²) in [4.78, 5) is 11.9. The first-order valence-electron chi connectivity index (χ1n) is 6.68. The van der Waals surface area contributed by atoms with Crippen LogP contribution in [-0.2, 0) is 4.79 Å². The van der Waals surface area contributed by atoms with E-state index in [-0.39, 0.29) is 23.0 Å². The molecule has 1 aromatic rings. The van der Waals surface area contributed by atoms with E-state index in [1.54, 1.807) is 0 Å². The molecule has 0 unspecified atom stereocenters. The van der Waals surface area contributed by atoms with Gasteiger partial charge < -0.3 is 10.6 Å². The molecule has 2 rings (SSSR count). The number of hydrogen-bond acceptors (Lipinski definition) is 1. The highest BCUT2D eigenvalue weighted by Gasteiger charge is 2.28. The Kier molecular flexibility index (Phi) is 4.89. The summed E-state index contributed by atoms with van der Waals surface area (Å²) in [6.07, 6.45) is 2.12. The fourth-order valence-corrected chi connectivity index (χ4v) is 2.63. The molecule has 0 radical (unpaired) electrons. The molecular formula is C14H18Cl2FN2O+. The number of rotatable bonds is 5. The van der Waals surface area contributed by atoms with Crippen LogP contribution in [0.5, 0.6) is 0 Å². The molecule has 20 heavy (non-hydrogen) atoms. The molecule has 1 amide bonds. The van der Waals surface area contributed by atoms with Crippen molar-refractivity contribution in [2.45, 2.75) is 44.8 Å². The Morgan fingerprint density at radius 3 is 2.60 bits per heavy atom. The number of carbonyl (C=O) groups excluding carboxylic acids is 1. The molecule has 110 valence electrons. The first kappa shape index (κ1) is 15.5. The summed E-state index contributed by atoms with van der Waals surface area (Å²) < 4.78 is 13.5. The summed E-state index contributed by atoms with van der Waals surface area (Å²) in [6.45, 7) is 3.71. The second-order valence-corrected chi connectivity index (χ2v) is 6.15. The lowest BCUT2D eigenvalue weighted by Crippen LogP contribution is -2.92. The average molecular weight is 320 g/mol. The highest BCUT2D eigenvalue weighted by Crippen LogP contribution is 2.27. The van der Waals surface area contributed by atoms with E-state index >= 15 is 0 Å². The molecule has 3 nitrogen and oxygen atoms in total. The predicted molar refractivity (Wildman–Crippen MR) is 77.4 cm³/mol. The summed E-state index contributed by atoms with van der Waals surface area (Å²) in [5.74, 6) is -0.494. The molecule has 0 aromatic heterocycles. The normalized spacial score (nSPS) is 17.6. The monoisotopic (exact) mass is 319 g/mol. The van der Waals surface area contributed by atoms with Gasteiger partial charge in [0.15, 0.2) is 6.04 Å². The summed E-state index contributed by atoms with van der Waals surface area (Å²) in [5, 5.41) is 5.23. The summed E-state index contributed by atoms with van der Waals surface area (Å²) in [6, 6.07) is 2.68. The molecule has 1 saturated carbocycles. The van der Waals surface area contributed by atoms with Crippen molar-refractivity contribution >= 4 is 29.1 Å². The molecule has 2 atom stereocenters. The lowest BCUT2D eigenvalue weighted by atomic mass is 10.1. The van der Waals surface area contributed by atoms with Crippen molar-refractivity contribution in [3.8, 4) is 0 Å². The van der Waals surface area contributed by atoms with Crippen LogP contribution < -0.4 is 10.6 Å². The second-order valence-electron chi connectivity index (χ2n) is 5.34. The number of hydrogen-bond donors (Lipinski definition) is 2. The Bertz CT molecular complexity index is 520. The Labute approximate surface area is 127 Å². The molecule has 0 heterocycles. The van der Waals surface area contributed by atoms with Crippen molar-refractivity contribution < 1.29 is 14.5 Å². The number of amides is 1. The van der Waals surface area contributed by atoms with E-state index in [0.717, 1.165) is 12.8 Å². The molecule has 1 aliphatic rings. The SMILES string of the molecule is C[C@@H]([NH2+][C@H](C)c1cc(F)c(Cl)cc1Cl)C(=O)NC1CC1. The molecule has 1 aliphatic carbocycles. The quantitative estimate of drug-likeness (QED) is 0.804. The van der Waals surface area contributed by atoms with Crippen LogP contribution in [0.3, 0.4) is 0 Å². The van der Waals surface area contributed by atoms with Gasteiger partial charge in [-0.15, -0.1) is 0 Å². The molecule has 0 saturated heterocycles. The van der Waals surface area contributed by atoms with Crippen LogP contribution in [0.1, 0.15) is 38.3 Å². The van der Waals surface area contributed by atoms with Gasteiger partial charge in [-0.2, -0.15) is 0 Å². The predicted octanol–water partition coefficient (Wildman–Crippen LogP) is 2.42. The minimum absolute atomic E-state index is 0.00454. The van der Waals surface area contributed by atoms with E-state index in [1.807, 2.05) is 19.2 Å². The smallest absolute Gasteiger partial charge is 0.278 e. The van der Waals surface area contributed by atoms with E-state index in [9.17, 15) is 9.18 Å². The first-order chi connectivity index (χ1) is 9.38. The van der Waals surface area contributed by atoms with Crippen LogP contribution in [0.25, 0.3) is 0 Å². The van der Waals surface area contributed by atoms with Gasteiger partial charge in [-0.05, 0) is 38.8 Å². The van der Waals surface area contributed by atoms with Crippen LogP contribution >= 0.6 is 23.2 Å². The van der Waals surface area contributed by atoms with E-state index in [1.165, 1.54) is 12.1 Å². The lowest BCUT2D eigenvalue weighted by Gasteiger charge is -2.18. The minimum atomic E-state index is -0.499. The zero-order chi connectivity index (χ0) is 14.9. The lowest BCUT2D eigenvalue weighted by molar-refractivity contribution is -0.710. The van der Waals surface area contributed by atoms with Crippen molar-refractivity contribution in [1.29, 1.82) is 0 Å². The van der Waals surface area contributed by atoms with Gasteiger partial charge >= 0.3 is 0 Å². The summed E-state index contributed by atoms with van der Waals surface area (Å²) in [7, 11) is 0. The van der Waals surface area contributed by atoms with E-state index in [0.29, 0.717) is 16.6 Å². The van der Waals surface area contributed by atoms with Gasteiger partial charge in [-0.3, -0.25) is 4.79 Å². The molecule has 1 aromatic carbocycles. The van der Waals surface area contributed by atoms with Crippen molar-refractivity contribution in [3.05, 3.63) is 33.6 Å². The topological polar surface area (TPSA) is 45.7 Å². The standard InChI is InChI=1S/C14H17Cl2FN2O/c1-7(10-5-13(17)12(16)6-11(10)15)18-8(2)14(20)19-9-3-4-9/h5-9,18H,3-4H2,1-2H3,(H,19,20)/p+1/t7-,8-/m1/s1. The van der Waals surface area contributed by atoms with Gasteiger partial charge in [0, 0.05) is 11.6 Å². The maximum atomic E-state index is 13.5. The Morgan fingerprint density at radius 1 is 1.35 bits per heavy atom. The highest BCUT2D eigenvalue weighted by molar-refractivity contribution is 6.35. The first-order valence-corrected chi connectivity index (χ1v) is 7.44. The second kappa shape index (κ2) is 6.29. The number of halogens is 3. The van der Waals surface area contributed by atoms with E-state index in [4.69, 9.17) is 23.2 Å². The van der Waals surface area contributed by atoms with E-state index in [2.05, 4.69) is 5.32 Å². The molecule has 0 bridgehead atoms. The number of nitrogens with two attached hydrogens (primary N) is 1. The van der Waals surface area contributed by atoms with Gasteiger partial charge in [0.25, 0.3) is 5.91 Å². The fraction of sp³-hybridized carbons (Fsp3) is 0.500. The van der Waals surface area contributed by atoms with Crippen LogP contribution in [0, 0.1) is 5.82 Å². The third-order valence-corrected chi connectivity index (χ3v) is 4.06. The largest absolute Gasteiger partial charge is 0.348 e. The van der Waals surface area contributed by atoms with Crippen molar-refractivity contribution in [1.82, 2.24) is 5.32 Å². The van der Waals surface area contributed by atoms with Crippen LogP contribution in [0.15, 0.2) is 12.1 Å². The minimum Gasteiger partial charge on any atom is -0.348 e. The number of benzene rings is 1. The highest BCUT2D eigenvalue weighted by atomic mass is 35.5. The molecule has 6 heteroatoms. The number of carbonyl (C=O) groups is 1. The maximum absolute atomic E-state index is 13.5. The average Bonchev–Trinajstić information content (AvgIpc) is 3.17. The molecule has 3 N–H and O–H groups in total. The number of quaternary nitrogens is 1. The van der Waals surface area contributed by atoms with Crippen LogP contribution in [0.4, 0.5) is 4.39 Å². The Balaban J connectivity index is 2.01. The zero-order valence-electron chi connectivity index (χ0n) is 11.4. The zero-order valence-corrected chi connectivity index (χ0v) is 12.9. The van der Waals surface area contributed by atoms with Crippen LogP contribution in [-0.4, -0.2) is 18.0 Å². The Morgan fingerprint density at radius 2 is 2.00 bits per heavy atom. The molecular weight excluding hydrogens is 302 g/mol. The van der Waals surface area contributed by atoms with E-state index < -0.39 is 5.82 Å². The third-order valence-electron chi connectivity index (χ3n) is 3.44. The van der Waals surface area contributed by atoms with Crippen molar-refractivity contribution in [2.75, 3.05) is 0 Å². The van der Waals surface area contributed by atoms with Gasteiger partial charge in [0.2, 0.25) is 0 Å². The van der Waals surface area contributed by atoms with Gasteiger partial charge in [-0.1, -0.05) is 23.2 Å². The fourth-order valence-electron chi connectivity index (χ4n) is 2.07. The van der Waals surface area contributed by atoms with Gasteiger partial charge in [0.1, 0.15) is 11.9 Å². The molecule has 0 aliphatic heterocycles. The van der Waals surface area contributed by atoms with Crippen LogP contribution in [0.2, 0.25) is 10.0 Å². The summed E-state index contributed by atoms with van der Waals surface area (Å²) >= 11 is 11.8. The van der Waals surface area contributed by atoms with Gasteiger partial charge in [0.05, 0.1) is 10.0 Å². The third kappa shape index (κ3) is 3.84. The maximum Gasteiger partial charge on any atom is 0.278 e. The van der Waals surface area contributed by atoms with Crippen molar-refractivity contribution in [2.24, 2.45) is 0 Å². The Hall–Kier alpha value is -0.840. The molecule has 0 spiro atoms.